The molecule has 2 N–H and O–H groups in total. The molecule has 0 spiro atoms. The zero-order valence-corrected chi connectivity index (χ0v) is 17.8. The van der Waals surface area contributed by atoms with Gasteiger partial charge in [0.2, 0.25) is 5.88 Å². The topological polar surface area (TPSA) is 105 Å². The molecule has 8 nitrogen and oxygen atoms in total. The number of aromatic nitrogens is 2. The quantitative estimate of drug-likeness (QED) is 0.489. The largest absolute Gasteiger partial charge is 0.505 e. The van der Waals surface area contributed by atoms with Gasteiger partial charge in [0, 0.05) is 31.4 Å². The van der Waals surface area contributed by atoms with Crippen molar-refractivity contribution in [1.82, 2.24) is 13.9 Å². The molecule has 0 bridgehead atoms. The van der Waals surface area contributed by atoms with Gasteiger partial charge >= 0.3 is 10.3 Å². The first kappa shape index (κ1) is 20.9. The predicted molar refractivity (Wildman–Crippen MR) is 114 cm³/mol. The van der Waals surface area contributed by atoms with E-state index in [0.29, 0.717) is 11.3 Å². The summed E-state index contributed by atoms with van der Waals surface area (Å²) in [6.07, 6.45) is 1.44. The van der Waals surface area contributed by atoms with Crippen LogP contribution in [0.25, 0.3) is 21.7 Å². The minimum Gasteiger partial charge on any atom is -0.505 e. The summed E-state index contributed by atoms with van der Waals surface area (Å²) < 4.78 is 46.1. The third kappa shape index (κ3) is 3.43. The lowest BCUT2D eigenvalue weighted by atomic mass is 10.1. The molecule has 0 atom stereocenters. The highest BCUT2D eigenvalue weighted by atomic mass is 32.2. The maximum atomic E-state index is 13.3. The van der Waals surface area contributed by atoms with Gasteiger partial charge in [0.1, 0.15) is 11.3 Å². The fourth-order valence-electron chi connectivity index (χ4n) is 3.49. The minimum absolute atomic E-state index is 0.0229. The van der Waals surface area contributed by atoms with E-state index in [-0.39, 0.29) is 51.4 Å². The summed E-state index contributed by atoms with van der Waals surface area (Å²) in [5.41, 5.74) is 1.25. The molecule has 0 aliphatic rings. The number of fused-ring (bicyclic) bond motifs is 2. The van der Waals surface area contributed by atoms with Gasteiger partial charge in [-0.2, -0.15) is 12.7 Å². The van der Waals surface area contributed by atoms with Crippen molar-refractivity contribution in [2.24, 2.45) is 0 Å². The van der Waals surface area contributed by atoms with Crippen LogP contribution in [0.2, 0.25) is 0 Å². The molecule has 0 amide bonds. The van der Waals surface area contributed by atoms with Crippen molar-refractivity contribution in [3.63, 3.8) is 0 Å². The molecule has 4 rings (SSSR count). The van der Waals surface area contributed by atoms with Crippen LogP contribution >= 0.6 is 0 Å². The van der Waals surface area contributed by atoms with E-state index in [1.54, 1.807) is 31.2 Å². The van der Waals surface area contributed by atoms with Gasteiger partial charge in [-0.1, -0.05) is 12.1 Å². The summed E-state index contributed by atoms with van der Waals surface area (Å²) in [5, 5.41) is 22.3. The van der Waals surface area contributed by atoms with Crippen molar-refractivity contribution in [2.75, 3.05) is 14.1 Å². The van der Waals surface area contributed by atoms with E-state index in [0.717, 1.165) is 4.31 Å². The van der Waals surface area contributed by atoms with Crippen LogP contribution in [-0.4, -0.2) is 46.6 Å². The van der Waals surface area contributed by atoms with E-state index < -0.39 is 10.3 Å². The van der Waals surface area contributed by atoms with Crippen LogP contribution in [0.15, 0.2) is 42.6 Å². The summed E-state index contributed by atoms with van der Waals surface area (Å²) in [7, 11) is -1.48. The number of rotatable bonds is 5. The van der Waals surface area contributed by atoms with Crippen LogP contribution in [0.4, 0.5) is 4.39 Å². The van der Waals surface area contributed by atoms with Gasteiger partial charge in [-0.25, -0.2) is 4.39 Å². The van der Waals surface area contributed by atoms with Crippen LogP contribution in [0.5, 0.6) is 17.4 Å². The van der Waals surface area contributed by atoms with E-state index in [2.05, 4.69) is 4.98 Å². The first-order chi connectivity index (χ1) is 14.6. The van der Waals surface area contributed by atoms with E-state index in [1.807, 2.05) is 0 Å². The number of pyridine rings is 1. The van der Waals surface area contributed by atoms with Crippen LogP contribution in [-0.2, 0) is 16.8 Å². The monoisotopic (exact) mass is 445 g/mol. The van der Waals surface area contributed by atoms with Gasteiger partial charge in [-0.3, -0.25) is 4.98 Å². The van der Waals surface area contributed by atoms with Crippen LogP contribution < -0.4 is 4.18 Å². The molecule has 0 saturated carbocycles. The number of aromatic hydroxyl groups is 2. The molecular weight excluding hydrogens is 425 g/mol. The maximum Gasteiger partial charge on any atom is 0.384 e. The average Bonchev–Trinajstić information content (AvgIpc) is 2.97. The van der Waals surface area contributed by atoms with Crippen LogP contribution in [0.1, 0.15) is 11.3 Å². The molecule has 0 aliphatic carbocycles. The van der Waals surface area contributed by atoms with E-state index >= 15 is 0 Å². The van der Waals surface area contributed by atoms with Crippen molar-refractivity contribution < 1.29 is 27.2 Å². The van der Waals surface area contributed by atoms with Gasteiger partial charge in [0.25, 0.3) is 0 Å². The number of halogens is 1. The van der Waals surface area contributed by atoms with E-state index in [4.69, 9.17) is 4.18 Å². The van der Waals surface area contributed by atoms with Crippen molar-refractivity contribution in [3.05, 3.63) is 59.7 Å². The van der Waals surface area contributed by atoms with Gasteiger partial charge in [-0.05, 0) is 36.8 Å². The summed E-state index contributed by atoms with van der Waals surface area (Å²) in [4.78, 5) is 4.14. The Labute approximate surface area is 178 Å². The van der Waals surface area contributed by atoms with Crippen molar-refractivity contribution in [3.8, 4) is 17.4 Å². The fraction of sp³-hybridized carbons (Fsp3) is 0.190. The zero-order valence-electron chi connectivity index (χ0n) is 17.0. The zero-order chi connectivity index (χ0) is 22.5. The highest BCUT2D eigenvalue weighted by Gasteiger charge is 2.28. The second-order valence-corrected chi connectivity index (χ2v) is 9.02. The number of phenols is 1. The Balaban J connectivity index is 2.04. The molecule has 0 aliphatic heterocycles. The van der Waals surface area contributed by atoms with Gasteiger partial charge < -0.3 is 19.0 Å². The molecule has 0 radical (unpaired) electrons. The van der Waals surface area contributed by atoms with Crippen molar-refractivity contribution >= 4 is 32.0 Å². The molecule has 0 fully saturated rings. The molecule has 10 heteroatoms. The Morgan fingerprint density at radius 3 is 2.45 bits per heavy atom. The fourth-order valence-corrected chi connectivity index (χ4v) is 4.02. The predicted octanol–water partition coefficient (Wildman–Crippen LogP) is 3.28. The minimum atomic E-state index is -4.14. The number of hydrogen-bond donors (Lipinski definition) is 2. The number of hydrogen-bond acceptors (Lipinski definition) is 6. The molecule has 162 valence electrons. The Morgan fingerprint density at radius 2 is 1.81 bits per heavy atom. The summed E-state index contributed by atoms with van der Waals surface area (Å²) in [5.74, 6) is -1.01. The lowest BCUT2D eigenvalue weighted by Crippen LogP contribution is -2.27. The van der Waals surface area contributed by atoms with Gasteiger partial charge in [0.15, 0.2) is 11.5 Å². The molecular formula is C21H20FN3O5S. The average molecular weight is 445 g/mol. The normalized spacial score (nSPS) is 12.2. The standard InChI is InChI=1S/C21H20FN3O5S/c1-12-16-17(21(27)25(12)11-13-6-8-14(22)9-7-13)19(26)18-15(5-4-10-23-18)20(16)30-31(28,29)24(2)3/h4-10,26-27H,11H2,1-3H3. The Hall–Kier alpha value is -3.37. The van der Waals surface area contributed by atoms with Crippen molar-refractivity contribution in [1.29, 1.82) is 0 Å². The number of nitrogens with zero attached hydrogens (tertiary/aromatic N) is 3. The maximum absolute atomic E-state index is 13.3. The third-order valence-corrected chi connectivity index (χ3v) is 6.40. The summed E-state index contributed by atoms with van der Waals surface area (Å²) in [6, 6.07) is 8.93. The number of benzene rings is 2. The Kier molecular flexibility index (Phi) is 4.98. The van der Waals surface area contributed by atoms with Crippen molar-refractivity contribution in [2.45, 2.75) is 13.5 Å². The first-order valence-corrected chi connectivity index (χ1v) is 10.7. The molecule has 4 aromatic rings. The van der Waals surface area contributed by atoms with Gasteiger partial charge in [-0.15, -0.1) is 0 Å². The van der Waals surface area contributed by atoms with E-state index in [9.17, 15) is 23.0 Å². The second kappa shape index (κ2) is 7.40. The molecule has 2 heterocycles. The lowest BCUT2D eigenvalue weighted by molar-refractivity contribution is 0.422. The molecule has 31 heavy (non-hydrogen) atoms. The number of aryl methyl sites for hydroxylation is 1. The highest BCUT2D eigenvalue weighted by Crippen LogP contribution is 2.48. The molecule has 2 aromatic carbocycles. The molecule has 2 aromatic heterocycles. The number of phenolic OH excluding ortho intramolecular Hbond substituents is 1. The molecule has 0 saturated heterocycles. The summed E-state index contributed by atoms with van der Waals surface area (Å²) >= 11 is 0. The second-order valence-electron chi connectivity index (χ2n) is 7.27. The van der Waals surface area contributed by atoms with E-state index in [1.165, 1.54) is 37.0 Å². The Bertz CT molecular complexity index is 1410. The van der Waals surface area contributed by atoms with Crippen LogP contribution in [0.3, 0.4) is 0 Å². The van der Waals surface area contributed by atoms with Crippen LogP contribution in [0, 0.1) is 12.7 Å². The smallest absolute Gasteiger partial charge is 0.384 e. The lowest BCUT2D eigenvalue weighted by Gasteiger charge is -2.15. The third-order valence-electron chi connectivity index (χ3n) is 5.13. The molecule has 0 unspecified atom stereocenters. The van der Waals surface area contributed by atoms with Gasteiger partial charge in [0.05, 0.1) is 17.3 Å². The SMILES string of the molecule is Cc1c2c(OS(=O)(=O)N(C)C)c3cccnc3c(O)c2c(O)n1Cc1ccc(F)cc1. The summed E-state index contributed by atoms with van der Waals surface area (Å²) in [6.45, 7) is 1.83. The first-order valence-electron chi connectivity index (χ1n) is 9.29. The Morgan fingerprint density at radius 1 is 1.13 bits per heavy atom. The highest BCUT2D eigenvalue weighted by molar-refractivity contribution is 7.84.